The Bertz CT molecular complexity index is 753. The summed E-state index contributed by atoms with van der Waals surface area (Å²) in [6.07, 6.45) is 0.736. The van der Waals surface area contributed by atoms with Crippen LogP contribution in [0.4, 0.5) is 0 Å². The van der Waals surface area contributed by atoms with Crippen molar-refractivity contribution in [3.63, 3.8) is 0 Å². The predicted octanol–water partition coefficient (Wildman–Crippen LogP) is 3.61. The highest BCUT2D eigenvalue weighted by Gasteiger charge is 2.19. The molecule has 1 amide bonds. The van der Waals surface area contributed by atoms with Crippen molar-refractivity contribution in [3.05, 3.63) is 59.3 Å². The molecule has 118 valence electrons. The lowest BCUT2D eigenvalue weighted by Gasteiger charge is -2.14. The van der Waals surface area contributed by atoms with Crippen LogP contribution in [0.1, 0.15) is 30.7 Å². The molecule has 0 saturated heterocycles. The van der Waals surface area contributed by atoms with Crippen molar-refractivity contribution in [2.24, 2.45) is 0 Å². The van der Waals surface area contributed by atoms with E-state index in [0.29, 0.717) is 11.7 Å². The summed E-state index contributed by atoms with van der Waals surface area (Å²) in [5.74, 6) is 0.759. The van der Waals surface area contributed by atoms with E-state index in [9.17, 15) is 4.79 Å². The van der Waals surface area contributed by atoms with Gasteiger partial charge < -0.3 is 9.84 Å². The molecule has 1 atom stereocenters. The van der Waals surface area contributed by atoms with E-state index in [0.717, 1.165) is 16.9 Å². The number of rotatable bonds is 6. The van der Waals surface area contributed by atoms with Gasteiger partial charge in [-0.05, 0) is 23.4 Å². The van der Waals surface area contributed by atoms with Gasteiger partial charge in [-0.1, -0.05) is 48.5 Å². The van der Waals surface area contributed by atoms with E-state index >= 15 is 0 Å². The maximum absolute atomic E-state index is 12.4. The van der Waals surface area contributed by atoms with Gasteiger partial charge in [-0.2, -0.15) is 4.98 Å². The third kappa shape index (κ3) is 3.65. The van der Waals surface area contributed by atoms with Crippen molar-refractivity contribution >= 4 is 17.2 Å². The molecule has 3 aromatic rings. The summed E-state index contributed by atoms with van der Waals surface area (Å²) < 4.78 is 5.19. The number of nitrogens with one attached hydrogen (secondary N) is 1. The normalized spacial score (nSPS) is 12.0. The minimum absolute atomic E-state index is 0.0328. The van der Waals surface area contributed by atoms with Crippen LogP contribution in [-0.4, -0.2) is 16.0 Å². The van der Waals surface area contributed by atoms with Gasteiger partial charge in [-0.3, -0.25) is 4.79 Å². The molecular weight excluding hydrogens is 310 g/mol. The highest BCUT2D eigenvalue weighted by Crippen LogP contribution is 2.22. The van der Waals surface area contributed by atoms with E-state index in [2.05, 4.69) is 15.5 Å². The average Bonchev–Trinajstić information content (AvgIpc) is 3.26. The fourth-order valence-electron chi connectivity index (χ4n) is 2.38. The minimum Gasteiger partial charge on any atom is -0.346 e. The zero-order valence-corrected chi connectivity index (χ0v) is 13.5. The Balaban J connectivity index is 1.62. The standard InChI is InChI=1S/C17H17N3O2S/c1-2-13(12-7-4-3-5-8-12)17(21)18-11-15-19-16(20-22-15)14-9-6-10-23-14/h3-10,13H,2,11H2,1H3,(H,18,21)/t13-/m1/s1. The van der Waals surface area contributed by atoms with Crippen molar-refractivity contribution < 1.29 is 9.32 Å². The second-order valence-electron chi connectivity index (χ2n) is 5.08. The largest absolute Gasteiger partial charge is 0.346 e. The van der Waals surface area contributed by atoms with Crippen LogP contribution < -0.4 is 5.32 Å². The van der Waals surface area contributed by atoms with Gasteiger partial charge in [0, 0.05) is 0 Å². The minimum atomic E-state index is -0.170. The van der Waals surface area contributed by atoms with Crippen LogP contribution in [0.15, 0.2) is 52.4 Å². The average molecular weight is 327 g/mol. The molecule has 0 unspecified atom stereocenters. The number of carbonyl (C=O) groups excluding carboxylic acids is 1. The molecule has 0 bridgehead atoms. The first-order valence-corrected chi connectivity index (χ1v) is 8.35. The molecule has 6 heteroatoms. The van der Waals surface area contributed by atoms with E-state index in [4.69, 9.17) is 4.52 Å². The molecule has 0 saturated carbocycles. The summed E-state index contributed by atoms with van der Waals surface area (Å²) in [7, 11) is 0. The van der Waals surface area contributed by atoms with Gasteiger partial charge in [0.05, 0.1) is 17.3 Å². The summed E-state index contributed by atoms with van der Waals surface area (Å²) in [6, 6.07) is 13.6. The molecule has 3 rings (SSSR count). The summed E-state index contributed by atoms with van der Waals surface area (Å²) in [6.45, 7) is 2.24. The summed E-state index contributed by atoms with van der Waals surface area (Å²) in [4.78, 5) is 17.6. The number of hydrogen-bond acceptors (Lipinski definition) is 5. The van der Waals surface area contributed by atoms with Crippen LogP contribution in [0.2, 0.25) is 0 Å². The Labute approximate surface area is 138 Å². The fraction of sp³-hybridized carbons (Fsp3) is 0.235. The first-order valence-electron chi connectivity index (χ1n) is 7.47. The second kappa shape index (κ2) is 7.19. The lowest BCUT2D eigenvalue weighted by atomic mass is 9.96. The third-order valence-corrected chi connectivity index (χ3v) is 4.42. The molecule has 1 aromatic carbocycles. The Kier molecular flexibility index (Phi) is 4.83. The molecular formula is C17H17N3O2S. The summed E-state index contributed by atoms with van der Waals surface area (Å²) in [5.41, 5.74) is 1.01. The van der Waals surface area contributed by atoms with Crippen molar-refractivity contribution in [2.75, 3.05) is 0 Å². The Hall–Kier alpha value is -2.47. The van der Waals surface area contributed by atoms with E-state index in [1.54, 1.807) is 11.3 Å². The summed E-state index contributed by atoms with van der Waals surface area (Å²) in [5, 5.41) is 8.77. The molecule has 0 aliphatic rings. The van der Waals surface area contributed by atoms with Gasteiger partial charge >= 0.3 is 0 Å². The monoisotopic (exact) mass is 327 g/mol. The maximum Gasteiger partial charge on any atom is 0.246 e. The van der Waals surface area contributed by atoms with Crippen molar-refractivity contribution in [1.29, 1.82) is 0 Å². The number of benzene rings is 1. The lowest BCUT2D eigenvalue weighted by Crippen LogP contribution is -2.28. The Morgan fingerprint density at radius 3 is 2.78 bits per heavy atom. The van der Waals surface area contributed by atoms with Crippen LogP contribution in [0.5, 0.6) is 0 Å². The molecule has 2 heterocycles. The fourth-order valence-corrected chi connectivity index (χ4v) is 3.03. The van der Waals surface area contributed by atoms with Gasteiger partial charge in [-0.25, -0.2) is 0 Å². The van der Waals surface area contributed by atoms with E-state index < -0.39 is 0 Å². The van der Waals surface area contributed by atoms with Crippen LogP contribution in [0.3, 0.4) is 0 Å². The van der Waals surface area contributed by atoms with Crippen molar-refractivity contribution in [3.8, 4) is 10.7 Å². The lowest BCUT2D eigenvalue weighted by molar-refractivity contribution is -0.122. The van der Waals surface area contributed by atoms with Crippen molar-refractivity contribution in [2.45, 2.75) is 25.8 Å². The van der Waals surface area contributed by atoms with Crippen LogP contribution in [-0.2, 0) is 11.3 Å². The van der Waals surface area contributed by atoms with Gasteiger partial charge in [0.15, 0.2) is 0 Å². The molecule has 23 heavy (non-hydrogen) atoms. The molecule has 2 aromatic heterocycles. The highest BCUT2D eigenvalue weighted by molar-refractivity contribution is 7.13. The number of nitrogens with zero attached hydrogens (tertiary/aromatic N) is 2. The molecule has 0 aliphatic heterocycles. The van der Waals surface area contributed by atoms with Crippen LogP contribution in [0, 0.1) is 0 Å². The quantitative estimate of drug-likeness (QED) is 0.751. The first-order chi connectivity index (χ1) is 11.3. The Morgan fingerprint density at radius 1 is 1.26 bits per heavy atom. The smallest absolute Gasteiger partial charge is 0.246 e. The molecule has 0 radical (unpaired) electrons. The zero-order chi connectivity index (χ0) is 16.1. The number of aromatic nitrogens is 2. The molecule has 0 aliphatic carbocycles. The SMILES string of the molecule is CC[C@@H](C(=O)NCc1nc(-c2cccs2)no1)c1ccccc1. The number of thiophene rings is 1. The van der Waals surface area contributed by atoms with Crippen LogP contribution >= 0.6 is 11.3 Å². The maximum atomic E-state index is 12.4. The molecule has 0 fully saturated rings. The van der Waals surface area contributed by atoms with Gasteiger partial charge in [0.1, 0.15) is 0 Å². The highest BCUT2D eigenvalue weighted by atomic mass is 32.1. The summed E-state index contributed by atoms with van der Waals surface area (Å²) >= 11 is 1.55. The van der Waals surface area contributed by atoms with E-state index in [1.165, 1.54) is 0 Å². The van der Waals surface area contributed by atoms with E-state index in [-0.39, 0.29) is 18.4 Å². The topological polar surface area (TPSA) is 68.0 Å². The van der Waals surface area contributed by atoms with Gasteiger partial charge in [0.2, 0.25) is 17.6 Å². The number of hydrogen-bond donors (Lipinski definition) is 1. The van der Waals surface area contributed by atoms with Gasteiger partial charge in [0.25, 0.3) is 0 Å². The Morgan fingerprint density at radius 2 is 2.09 bits per heavy atom. The number of carbonyl (C=O) groups is 1. The third-order valence-electron chi connectivity index (χ3n) is 3.55. The van der Waals surface area contributed by atoms with E-state index in [1.807, 2.05) is 54.8 Å². The zero-order valence-electron chi connectivity index (χ0n) is 12.7. The predicted molar refractivity (Wildman–Crippen MR) is 88.9 cm³/mol. The van der Waals surface area contributed by atoms with Crippen LogP contribution in [0.25, 0.3) is 10.7 Å². The molecule has 0 spiro atoms. The van der Waals surface area contributed by atoms with Gasteiger partial charge in [-0.15, -0.1) is 11.3 Å². The number of amides is 1. The second-order valence-corrected chi connectivity index (χ2v) is 6.03. The van der Waals surface area contributed by atoms with Crippen molar-refractivity contribution in [1.82, 2.24) is 15.5 Å². The molecule has 1 N–H and O–H groups in total. The first kappa shape index (κ1) is 15.4. The molecule has 5 nitrogen and oxygen atoms in total.